The van der Waals surface area contributed by atoms with Crippen LogP contribution >= 0.6 is 0 Å². The van der Waals surface area contributed by atoms with Crippen molar-refractivity contribution >= 4 is 11.8 Å². The maximum atomic E-state index is 11.9. The molecule has 0 spiro atoms. The minimum absolute atomic E-state index is 0.0269. The lowest BCUT2D eigenvalue weighted by molar-refractivity contribution is -0.119. The van der Waals surface area contributed by atoms with Crippen molar-refractivity contribution in [2.75, 3.05) is 13.7 Å². The second-order valence-electron chi connectivity index (χ2n) is 3.91. The molecule has 1 atom stereocenters. The molecule has 0 radical (unpaired) electrons. The number of nitrogens with one attached hydrogen (secondary N) is 2. The number of hydrogen-bond donors (Lipinski definition) is 2. The molecule has 1 heterocycles. The Morgan fingerprint density at radius 1 is 1.53 bits per heavy atom. The zero-order valence-corrected chi connectivity index (χ0v) is 9.53. The molecule has 1 saturated heterocycles. The monoisotopic (exact) mass is 234 g/mol. The predicted molar refractivity (Wildman–Crippen MR) is 61.9 cm³/mol. The van der Waals surface area contributed by atoms with Gasteiger partial charge in [0.25, 0.3) is 5.91 Å². The molecule has 17 heavy (non-hydrogen) atoms. The first kappa shape index (κ1) is 11.4. The number of ether oxygens (including phenoxy) is 1. The average Bonchev–Trinajstić information content (AvgIpc) is 2.75. The lowest BCUT2D eigenvalue weighted by atomic mass is 10.1. The summed E-state index contributed by atoms with van der Waals surface area (Å²) >= 11 is 0. The number of carbonyl (C=O) groups is 2. The quantitative estimate of drug-likeness (QED) is 0.791. The summed E-state index contributed by atoms with van der Waals surface area (Å²) in [4.78, 5) is 22.9. The highest BCUT2D eigenvalue weighted by Crippen LogP contribution is 2.12. The predicted octanol–water partition coefficient (Wildman–Crippen LogP) is 0.313. The van der Waals surface area contributed by atoms with E-state index in [1.54, 1.807) is 31.4 Å². The van der Waals surface area contributed by atoms with Crippen LogP contribution in [0.25, 0.3) is 0 Å². The van der Waals surface area contributed by atoms with Gasteiger partial charge in [0.1, 0.15) is 5.75 Å². The minimum Gasteiger partial charge on any atom is -0.497 e. The largest absolute Gasteiger partial charge is 0.497 e. The van der Waals surface area contributed by atoms with Crippen LogP contribution in [-0.4, -0.2) is 31.5 Å². The van der Waals surface area contributed by atoms with Gasteiger partial charge in [-0.2, -0.15) is 0 Å². The van der Waals surface area contributed by atoms with Crippen LogP contribution in [0.2, 0.25) is 0 Å². The molecule has 1 aromatic rings. The van der Waals surface area contributed by atoms with Crippen LogP contribution in [0.1, 0.15) is 16.8 Å². The Hall–Kier alpha value is -2.04. The first-order valence-corrected chi connectivity index (χ1v) is 5.40. The van der Waals surface area contributed by atoms with Gasteiger partial charge < -0.3 is 15.4 Å². The minimum atomic E-state index is -0.189. The van der Waals surface area contributed by atoms with Gasteiger partial charge in [-0.05, 0) is 18.2 Å². The van der Waals surface area contributed by atoms with Crippen molar-refractivity contribution in [3.8, 4) is 5.75 Å². The zero-order valence-electron chi connectivity index (χ0n) is 9.53. The molecule has 5 heteroatoms. The molecule has 2 rings (SSSR count). The summed E-state index contributed by atoms with van der Waals surface area (Å²) in [6, 6.07) is 6.78. The molecule has 2 N–H and O–H groups in total. The topological polar surface area (TPSA) is 67.4 Å². The molecule has 0 aromatic heterocycles. The van der Waals surface area contributed by atoms with E-state index >= 15 is 0 Å². The SMILES string of the molecule is COc1cccc(C(=O)NC2CNC(=O)C2)c1. The fraction of sp³-hybridized carbons (Fsp3) is 0.333. The van der Waals surface area contributed by atoms with E-state index in [1.165, 1.54) is 0 Å². The van der Waals surface area contributed by atoms with E-state index in [-0.39, 0.29) is 17.9 Å². The number of benzene rings is 1. The Kier molecular flexibility index (Phi) is 3.27. The first-order chi connectivity index (χ1) is 8.19. The van der Waals surface area contributed by atoms with Gasteiger partial charge in [0.05, 0.1) is 13.2 Å². The van der Waals surface area contributed by atoms with Gasteiger partial charge in [0.2, 0.25) is 5.91 Å². The molecular weight excluding hydrogens is 220 g/mol. The van der Waals surface area contributed by atoms with E-state index in [1.807, 2.05) is 0 Å². The summed E-state index contributed by atoms with van der Waals surface area (Å²) in [6.07, 6.45) is 0.343. The van der Waals surface area contributed by atoms with Crippen molar-refractivity contribution in [1.82, 2.24) is 10.6 Å². The summed E-state index contributed by atoms with van der Waals surface area (Å²) in [5.74, 6) is 0.421. The number of carbonyl (C=O) groups excluding carboxylic acids is 2. The highest BCUT2D eigenvalue weighted by Gasteiger charge is 2.23. The fourth-order valence-corrected chi connectivity index (χ4v) is 1.74. The molecule has 0 saturated carbocycles. The summed E-state index contributed by atoms with van der Waals surface area (Å²) in [6.45, 7) is 0.495. The normalized spacial score (nSPS) is 18.6. The highest BCUT2D eigenvalue weighted by atomic mass is 16.5. The molecule has 1 aliphatic rings. The van der Waals surface area contributed by atoms with Crippen LogP contribution in [0.4, 0.5) is 0 Å². The summed E-state index contributed by atoms with van der Waals surface area (Å²) in [7, 11) is 1.55. The van der Waals surface area contributed by atoms with Gasteiger partial charge in [-0.1, -0.05) is 6.07 Å². The van der Waals surface area contributed by atoms with Crippen molar-refractivity contribution < 1.29 is 14.3 Å². The van der Waals surface area contributed by atoms with E-state index < -0.39 is 0 Å². The van der Waals surface area contributed by atoms with Gasteiger partial charge >= 0.3 is 0 Å². The Labute approximate surface area is 99.2 Å². The van der Waals surface area contributed by atoms with Crippen molar-refractivity contribution in [1.29, 1.82) is 0 Å². The molecular formula is C12H14N2O3. The molecule has 0 aliphatic carbocycles. The summed E-state index contributed by atoms with van der Waals surface area (Å²) in [5.41, 5.74) is 0.531. The molecule has 0 bridgehead atoms. The standard InChI is InChI=1S/C12H14N2O3/c1-17-10-4-2-3-8(5-10)12(16)14-9-6-11(15)13-7-9/h2-5,9H,6-7H2,1H3,(H,13,15)(H,14,16). The Bertz CT molecular complexity index is 445. The van der Waals surface area contributed by atoms with E-state index in [0.717, 1.165) is 0 Å². The Morgan fingerprint density at radius 3 is 3.00 bits per heavy atom. The van der Waals surface area contributed by atoms with E-state index in [9.17, 15) is 9.59 Å². The molecule has 1 aromatic carbocycles. The average molecular weight is 234 g/mol. The van der Waals surface area contributed by atoms with E-state index in [2.05, 4.69) is 10.6 Å². The number of rotatable bonds is 3. The van der Waals surface area contributed by atoms with Crippen molar-refractivity contribution in [3.05, 3.63) is 29.8 Å². The van der Waals surface area contributed by atoms with Crippen LogP contribution in [-0.2, 0) is 4.79 Å². The van der Waals surface area contributed by atoms with Gasteiger partial charge in [0.15, 0.2) is 0 Å². The maximum Gasteiger partial charge on any atom is 0.251 e. The van der Waals surface area contributed by atoms with Crippen molar-refractivity contribution in [2.24, 2.45) is 0 Å². The van der Waals surface area contributed by atoms with Crippen molar-refractivity contribution in [3.63, 3.8) is 0 Å². The van der Waals surface area contributed by atoms with Crippen LogP contribution in [0.15, 0.2) is 24.3 Å². The Morgan fingerprint density at radius 2 is 2.35 bits per heavy atom. The second-order valence-corrected chi connectivity index (χ2v) is 3.91. The van der Waals surface area contributed by atoms with E-state index in [4.69, 9.17) is 4.74 Å². The number of hydrogen-bond acceptors (Lipinski definition) is 3. The van der Waals surface area contributed by atoms with Crippen LogP contribution < -0.4 is 15.4 Å². The van der Waals surface area contributed by atoms with Crippen LogP contribution in [0, 0.1) is 0 Å². The fourth-order valence-electron chi connectivity index (χ4n) is 1.74. The third-order valence-corrected chi connectivity index (χ3v) is 2.64. The second kappa shape index (κ2) is 4.86. The van der Waals surface area contributed by atoms with Crippen molar-refractivity contribution in [2.45, 2.75) is 12.5 Å². The molecule has 90 valence electrons. The van der Waals surface area contributed by atoms with Crippen LogP contribution in [0.3, 0.4) is 0 Å². The molecule has 5 nitrogen and oxygen atoms in total. The summed E-state index contributed by atoms with van der Waals surface area (Å²) in [5, 5.41) is 5.47. The van der Waals surface area contributed by atoms with Gasteiger partial charge in [0, 0.05) is 18.5 Å². The third kappa shape index (κ3) is 2.75. The lowest BCUT2D eigenvalue weighted by Gasteiger charge is -2.10. The maximum absolute atomic E-state index is 11.9. The summed E-state index contributed by atoms with van der Waals surface area (Å²) < 4.78 is 5.05. The third-order valence-electron chi connectivity index (χ3n) is 2.64. The number of amides is 2. The highest BCUT2D eigenvalue weighted by molar-refractivity contribution is 5.95. The smallest absolute Gasteiger partial charge is 0.251 e. The van der Waals surface area contributed by atoms with E-state index in [0.29, 0.717) is 24.3 Å². The molecule has 1 aliphatic heterocycles. The molecule has 1 unspecified atom stereocenters. The molecule has 2 amide bonds. The van der Waals surface area contributed by atoms with Gasteiger partial charge in [-0.15, -0.1) is 0 Å². The lowest BCUT2D eigenvalue weighted by Crippen LogP contribution is -2.36. The Balaban J connectivity index is 2.01. The zero-order chi connectivity index (χ0) is 12.3. The molecule has 1 fully saturated rings. The number of methoxy groups -OCH3 is 1. The van der Waals surface area contributed by atoms with Gasteiger partial charge in [-0.25, -0.2) is 0 Å². The van der Waals surface area contributed by atoms with Gasteiger partial charge in [-0.3, -0.25) is 9.59 Å². The first-order valence-electron chi connectivity index (χ1n) is 5.40. The van der Waals surface area contributed by atoms with Crippen LogP contribution in [0.5, 0.6) is 5.75 Å².